The maximum Gasteiger partial charge on any atom is 0.155 e. The molecule has 0 aliphatic rings. The minimum absolute atomic E-state index is 0.222. The molecule has 2 aromatic heterocycles. The standard InChI is InChI=1S/C10H10N6/c1-7(12)10-14-6-15-16(10)9-3-2-8(4-11)5-13-9/h2-3,5-7H,12H2,1H3/t7-/m0/s1. The fourth-order valence-electron chi connectivity index (χ4n) is 1.31. The molecule has 0 aliphatic carbocycles. The molecule has 0 saturated heterocycles. The van der Waals surface area contributed by atoms with Gasteiger partial charge in [0, 0.05) is 6.20 Å². The number of hydrogen-bond donors (Lipinski definition) is 1. The summed E-state index contributed by atoms with van der Waals surface area (Å²) >= 11 is 0. The van der Waals surface area contributed by atoms with Crippen LogP contribution in [-0.4, -0.2) is 19.7 Å². The van der Waals surface area contributed by atoms with E-state index in [4.69, 9.17) is 11.0 Å². The first-order chi connectivity index (χ1) is 7.72. The van der Waals surface area contributed by atoms with Gasteiger partial charge in [-0.15, -0.1) is 0 Å². The minimum Gasteiger partial charge on any atom is -0.322 e. The Morgan fingerprint density at radius 3 is 2.81 bits per heavy atom. The van der Waals surface area contributed by atoms with E-state index in [-0.39, 0.29) is 6.04 Å². The predicted octanol–water partition coefficient (Wildman–Crippen LogP) is 0.554. The van der Waals surface area contributed by atoms with Gasteiger partial charge in [-0.05, 0) is 19.1 Å². The highest BCUT2D eigenvalue weighted by Crippen LogP contribution is 2.10. The quantitative estimate of drug-likeness (QED) is 0.788. The van der Waals surface area contributed by atoms with E-state index in [0.717, 1.165) is 0 Å². The Labute approximate surface area is 92.4 Å². The van der Waals surface area contributed by atoms with Crippen LogP contribution in [0.4, 0.5) is 0 Å². The second-order valence-corrected chi connectivity index (χ2v) is 3.34. The van der Waals surface area contributed by atoms with E-state index in [1.165, 1.54) is 12.5 Å². The van der Waals surface area contributed by atoms with Crippen molar-refractivity contribution < 1.29 is 0 Å². The molecule has 1 atom stereocenters. The van der Waals surface area contributed by atoms with Crippen molar-refractivity contribution in [1.29, 1.82) is 5.26 Å². The van der Waals surface area contributed by atoms with Crippen molar-refractivity contribution in [1.82, 2.24) is 19.7 Å². The van der Waals surface area contributed by atoms with Gasteiger partial charge in [0.2, 0.25) is 0 Å². The van der Waals surface area contributed by atoms with Gasteiger partial charge in [-0.1, -0.05) is 0 Å². The maximum atomic E-state index is 8.66. The second kappa shape index (κ2) is 4.08. The molecule has 0 saturated carbocycles. The molecule has 2 heterocycles. The lowest BCUT2D eigenvalue weighted by Gasteiger charge is -2.06. The topological polar surface area (TPSA) is 93.4 Å². The van der Waals surface area contributed by atoms with Gasteiger partial charge in [-0.3, -0.25) is 0 Å². The number of nitrogens with zero attached hydrogens (tertiary/aromatic N) is 5. The summed E-state index contributed by atoms with van der Waals surface area (Å²) in [7, 11) is 0. The van der Waals surface area contributed by atoms with Crippen LogP contribution in [0.2, 0.25) is 0 Å². The van der Waals surface area contributed by atoms with Crippen molar-refractivity contribution >= 4 is 0 Å². The number of nitriles is 1. The van der Waals surface area contributed by atoms with E-state index in [1.54, 1.807) is 16.8 Å². The van der Waals surface area contributed by atoms with Crippen LogP contribution in [-0.2, 0) is 0 Å². The Morgan fingerprint density at radius 1 is 1.44 bits per heavy atom. The third-order valence-electron chi connectivity index (χ3n) is 2.08. The lowest BCUT2D eigenvalue weighted by Crippen LogP contribution is -2.14. The summed E-state index contributed by atoms with van der Waals surface area (Å²) in [5.74, 6) is 1.24. The number of aromatic nitrogens is 4. The smallest absolute Gasteiger partial charge is 0.155 e. The van der Waals surface area contributed by atoms with Crippen molar-refractivity contribution in [3.05, 3.63) is 36.0 Å². The molecule has 0 aliphatic heterocycles. The molecule has 2 N–H and O–H groups in total. The summed E-state index contributed by atoms with van der Waals surface area (Å²) in [6, 6.07) is 5.17. The zero-order valence-electron chi connectivity index (χ0n) is 8.70. The monoisotopic (exact) mass is 214 g/mol. The van der Waals surface area contributed by atoms with Gasteiger partial charge >= 0.3 is 0 Å². The Balaban J connectivity index is 2.43. The average molecular weight is 214 g/mol. The van der Waals surface area contributed by atoms with Crippen LogP contribution in [0.5, 0.6) is 0 Å². The molecule has 2 aromatic rings. The summed E-state index contributed by atoms with van der Waals surface area (Å²) in [4.78, 5) is 8.17. The summed E-state index contributed by atoms with van der Waals surface area (Å²) < 4.78 is 1.56. The molecule has 0 aromatic carbocycles. The molecule has 80 valence electrons. The summed E-state index contributed by atoms with van der Waals surface area (Å²) in [5, 5.41) is 12.7. The molecule has 0 unspecified atom stereocenters. The van der Waals surface area contributed by atoms with Gasteiger partial charge in [0.05, 0.1) is 11.6 Å². The molecule has 0 amide bonds. The Morgan fingerprint density at radius 2 is 2.25 bits per heavy atom. The second-order valence-electron chi connectivity index (χ2n) is 3.34. The molecule has 0 radical (unpaired) electrons. The molecular weight excluding hydrogens is 204 g/mol. The van der Waals surface area contributed by atoms with Crippen molar-refractivity contribution in [2.45, 2.75) is 13.0 Å². The van der Waals surface area contributed by atoms with E-state index < -0.39 is 0 Å². The van der Waals surface area contributed by atoms with E-state index in [2.05, 4.69) is 15.1 Å². The number of hydrogen-bond acceptors (Lipinski definition) is 5. The van der Waals surface area contributed by atoms with Gasteiger partial charge in [0.15, 0.2) is 11.6 Å². The summed E-state index contributed by atoms with van der Waals surface area (Å²) in [6.07, 6.45) is 2.92. The molecule has 0 fully saturated rings. The third kappa shape index (κ3) is 1.76. The van der Waals surface area contributed by atoms with Crippen LogP contribution in [0.1, 0.15) is 24.4 Å². The highest BCUT2D eigenvalue weighted by Gasteiger charge is 2.11. The summed E-state index contributed by atoms with van der Waals surface area (Å²) in [6.45, 7) is 1.82. The van der Waals surface area contributed by atoms with Crippen LogP contribution in [0.15, 0.2) is 24.7 Å². The maximum absolute atomic E-state index is 8.66. The molecular formula is C10H10N6. The molecule has 2 rings (SSSR count). The largest absolute Gasteiger partial charge is 0.322 e. The Hall–Kier alpha value is -2.26. The average Bonchev–Trinajstić information content (AvgIpc) is 2.78. The van der Waals surface area contributed by atoms with E-state index >= 15 is 0 Å². The van der Waals surface area contributed by atoms with Gasteiger partial charge in [0.25, 0.3) is 0 Å². The number of rotatable bonds is 2. The van der Waals surface area contributed by atoms with E-state index in [0.29, 0.717) is 17.2 Å². The normalized spacial score (nSPS) is 12.1. The number of pyridine rings is 1. The molecule has 0 spiro atoms. The van der Waals surface area contributed by atoms with Gasteiger partial charge in [-0.2, -0.15) is 15.0 Å². The lowest BCUT2D eigenvalue weighted by molar-refractivity contribution is 0.681. The van der Waals surface area contributed by atoms with Crippen LogP contribution in [0.25, 0.3) is 5.82 Å². The van der Waals surface area contributed by atoms with E-state index in [9.17, 15) is 0 Å². The van der Waals surface area contributed by atoms with Gasteiger partial charge in [-0.25, -0.2) is 9.97 Å². The van der Waals surface area contributed by atoms with Crippen molar-refractivity contribution in [3.63, 3.8) is 0 Å². The fraction of sp³-hybridized carbons (Fsp3) is 0.200. The minimum atomic E-state index is -0.222. The zero-order valence-corrected chi connectivity index (χ0v) is 8.70. The highest BCUT2D eigenvalue weighted by molar-refractivity contribution is 5.32. The highest BCUT2D eigenvalue weighted by atomic mass is 15.4. The first-order valence-corrected chi connectivity index (χ1v) is 4.74. The van der Waals surface area contributed by atoms with Crippen molar-refractivity contribution in [3.8, 4) is 11.9 Å². The molecule has 16 heavy (non-hydrogen) atoms. The Kier molecular flexibility index (Phi) is 2.62. The zero-order chi connectivity index (χ0) is 11.5. The van der Waals surface area contributed by atoms with Crippen molar-refractivity contribution in [2.24, 2.45) is 5.73 Å². The third-order valence-corrected chi connectivity index (χ3v) is 2.08. The van der Waals surface area contributed by atoms with Crippen LogP contribution in [0.3, 0.4) is 0 Å². The first-order valence-electron chi connectivity index (χ1n) is 4.74. The van der Waals surface area contributed by atoms with Crippen LogP contribution >= 0.6 is 0 Å². The fourth-order valence-corrected chi connectivity index (χ4v) is 1.31. The molecule has 0 bridgehead atoms. The lowest BCUT2D eigenvalue weighted by atomic mass is 10.3. The summed E-state index contributed by atoms with van der Waals surface area (Å²) in [5.41, 5.74) is 6.25. The van der Waals surface area contributed by atoms with Crippen LogP contribution < -0.4 is 5.73 Å². The SMILES string of the molecule is C[C@H](N)c1ncnn1-c1ccc(C#N)cn1. The van der Waals surface area contributed by atoms with Gasteiger partial charge in [0.1, 0.15) is 12.4 Å². The van der Waals surface area contributed by atoms with E-state index in [1.807, 2.05) is 13.0 Å². The molecule has 6 heteroatoms. The predicted molar refractivity (Wildman–Crippen MR) is 56.5 cm³/mol. The Bertz CT molecular complexity index is 519. The van der Waals surface area contributed by atoms with Crippen LogP contribution in [0, 0.1) is 11.3 Å². The van der Waals surface area contributed by atoms with Crippen molar-refractivity contribution in [2.75, 3.05) is 0 Å². The first kappa shape index (κ1) is 10.3. The molecule has 6 nitrogen and oxygen atoms in total. The van der Waals surface area contributed by atoms with Gasteiger partial charge < -0.3 is 5.73 Å². The number of nitrogens with two attached hydrogens (primary N) is 1.